The minimum atomic E-state index is -4.69. The molecule has 0 fully saturated rings. The Bertz CT molecular complexity index is 93.9. The lowest BCUT2D eigenvalue weighted by atomic mass is 10.3. The summed E-state index contributed by atoms with van der Waals surface area (Å²) in [6, 6.07) is 0. The average molecular weight is 125 g/mol. The minimum Gasteiger partial charge on any atom is -0.290 e. The number of carbonyl (C=O) groups excluding carboxylic acids is 1. The molecule has 0 saturated heterocycles. The van der Waals surface area contributed by atoms with Gasteiger partial charge in [-0.2, -0.15) is 13.2 Å². The van der Waals surface area contributed by atoms with E-state index in [-0.39, 0.29) is 0 Å². The van der Waals surface area contributed by atoms with Gasteiger partial charge in [-0.25, -0.2) is 0 Å². The first kappa shape index (κ1) is 7.46. The first-order valence-corrected chi connectivity index (χ1v) is 1.87. The van der Waals surface area contributed by atoms with Gasteiger partial charge in [0, 0.05) is 6.42 Å². The van der Waals surface area contributed by atoms with Crippen LogP contribution in [0.1, 0.15) is 6.42 Å². The zero-order valence-corrected chi connectivity index (χ0v) is 3.96. The minimum absolute atomic E-state index is 0.719. The maximum atomic E-state index is 11.1. The molecule has 0 aromatic rings. The molecule has 0 aromatic carbocycles. The highest BCUT2D eigenvalue weighted by atomic mass is 19.4. The maximum Gasteiger partial charge on any atom is 0.449 e. The van der Waals surface area contributed by atoms with Crippen molar-refractivity contribution >= 4 is 5.78 Å². The van der Waals surface area contributed by atoms with Crippen molar-refractivity contribution in [3.8, 4) is 0 Å². The van der Waals surface area contributed by atoms with Crippen LogP contribution in [-0.4, -0.2) is 12.0 Å². The monoisotopic (exact) mass is 125 g/mol. The fourth-order valence-electron chi connectivity index (χ4n) is 0.142. The highest BCUT2D eigenvalue weighted by Crippen LogP contribution is 2.16. The molecular weight excluding hydrogens is 121 g/mol. The van der Waals surface area contributed by atoms with Crippen LogP contribution in [-0.2, 0) is 4.79 Å². The molecule has 8 heavy (non-hydrogen) atoms. The van der Waals surface area contributed by atoms with Gasteiger partial charge >= 0.3 is 6.18 Å². The summed E-state index contributed by atoms with van der Waals surface area (Å²) < 4.78 is 33.2. The second kappa shape index (κ2) is 2.15. The van der Waals surface area contributed by atoms with Crippen LogP contribution < -0.4 is 0 Å². The van der Waals surface area contributed by atoms with Crippen LogP contribution in [0.25, 0.3) is 0 Å². The molecule has 4 heteroatoms. The van der Waals surface area contributed by atoms with Gasteiger partial charge in [-0.3, -0.25) is 4.79 Å². The van der Waals surface area contributed by atoms with E-state index in [0.29, 0.717) is 0 Å². The lowest BCUT2D eigenvalue weighted by molar-refractivity contribution is -0.170. The van der Waals surface area contributed by atoms with E-state index in [2.05, 4.69) is 6.92 Å². The van der Waals surface area contributed by atoms with Crippen LogP contribution >= 0.6 is 0 Å². The Kier molecular flexibility index (Phi) is 2.01. The quantitative estimate of drug-likeness (QED) is 0.516. The van der Waals surface area contributed by atoms with Gasteiger partial charge in [0.05, 0.1) is 0 Å². The number of carbonyl (C=O) groups is 1. The van der Waals surface area contributed by atoms with Crippen LogP contribution in [0.3, 0.4) is 0 Å². The Morgan fingerprint density at radius 3 is 1.88 bits per heavy atom. The molecule has 1 radical (unpaired) electrons. The maximum absolute atomic E-state index is 11.1. The van der Waals surface area contributed by atoms with Gasteiger partial charge in [0.25, 0.3) is 0 Å². The lowest BCUT2D eigenvalue weighted by Gasteiger charge is -1.99. The first-order valence-electron chi connectivity index (χ1n) is 1.87. The van der Waals surface area contributed by atoms with Crippen molar-refractivity contribution < 1.29 is 18.0 Å². The third-order valence-electron chi connectivity index (χ3n) is 0.543. The van der Waals surface area contributed by atoms with Crippen molar-refractivity contribution in [1.82, 2.24) is 0 Å². The zero-order chi connectivity index (χ0) is 6.78. The molecule has 0 rings (SSSR count). The molecular formula is C4H4F3O. The molecule has 0 bridgehead atoms. The van der Waals surface area contributed by atoms with Crippen molar-refractivity contribution in [3.05, 3.63) is 6.92 Å². The first-order chi connectivity index (χ1) is 3.48. The Hall–Kier alpha value is -0.540. The van der Waals surface area contributed by atoms with Crippen LogP contribution in [0.5, 0.6) is 0 Å². The molecule has 1 nitrogen and oxygen atoms in total. The summed E-state index contributed by atoms with van der Waals surface area (Å²) in [7, 11) is 0. The highest BCUT2D eigenvalue weighted by Gasteiger charge is 2.36. The third-order valence-corrected chi connectivity index (χ3v) is 0.543. The van der Waals surface area contributed by atoms with Gasteiger partial charge < -0.3 is 0 Å². The number of Topliss-reactive ketones (excluding diaryl/α,β-unsaturated/α-hetero) is 1. The van der Waals surface area contributed by atoms with E-state index in [9.17, 15) is 18.0 Å². The SMILES string of the molecule is [CH2]CC(=O)C(F)(F)F. The summed E-state index contributed by atoms with van der Waals surface area (Å²) in [5.74, 6) is -1.78. The van der Waals surface area contributed by atoms with Crippen LogP contribution in [0, 0.1) is 6.92 Å². The van der Waals surface area contributed by atoms with Gasteiger partial charge in [-0.1, -0.05) is 0 Å². The van der Waals surface area contributed by atoms with Gasteiger partial charge in [0.1, 0.15) is 0 Å². The third kappa shape index (κ3) is 1.95. The number of hydrogen-bond acceptors (Lipinski definition) is 1. The van der Waals surface area contributed by atoms with E-state index in [0.717, 1.165) is 0 Å². The molecule has 0 unspecified atom stereocenters. The van der Waals surface area contributed by atoms with Crippen LogP contribution in [0.2, 0.25) is 0 Å². The molecule has 0 spiro atoms. The van der Waals surface area contributed by atoms with Crippen LogP contribution in [0.15, 0.2) is 0 Å². The summed E-state index contributed by atoms with van der Waals surface area (Å²) in [5, 5.41) is 0. The predicted molar refractivity (Wildman–Crippen MR) is 21.0 cm³/mol. The summed E-state index contributed by atoms with van der Waals surface area (Å²) in [5.41, 5.74) is 0. The number of halogens is 3. The van der Waals surface area contributed by atoms with Crippen molar-refractivity contribution in [2.75, 3.05) is 0 Å². The zero-order valence-electron chi connectivity index (χ0n) is 3.96. The van der Waals surface area contributed by atoms with Crippen molar-refractivity contribution in [3.63, 3.8) is 0 Å². The van der Waals surface area contributed by atoms with E-state index in [4.69, 9.17) is 0 Å². The molecule has 0 aliphatic rings. The van der Waals surface area contributed by atoms with Crippen molar-refractivity contribution in [1.29, 1.82) is 0 Å². The summed E-state index contributed by atoms with van der Waals surface area (Å²) in [4.78, 5) is 9.65. The van der Waals surface area contributed by atoms with E-state index in [1.807, 2.05) is 0 Å². The second-order valence-electron chi connectivity index (χ2n) is 1.17. The van der Waals surface area contributed by atoms with Gasteiger partial charge in [-0.15, -0.1) is 0 Å². The molecule has 0 aliphatic carbocycles. The molecule has 0 aliphatic heterocycles. The Morgan fingerprint density at radius 1 is 1.50 bits per heavy atom. The Labute approximate surface area is 44.5 Å². The number of rotatable bonds is 1. The van der Waals surface area contributed by atoms with E-state index >= 15 is 0 Å². The Balaban J connectivity index is 3.82. The topological polar surface area (TPSA) is 17.1 Å². The smallest absolute Gasteiger partial charge is 0.290 e. The largest absolute Gasteiger partial charge is 0.449 e. The van der Waals surface area contributed by atoms with Gasteiger partial charge in [0.2, 0.25) is 5.78 Å². The molecule has 0 heterocycles. The molecule has 0 atom stereocenters. The lowest BCUT2D eigenvalue weighted by Crippen LogP contribution is -2.21. The second-order valence-corrected chi connectivity index (χ2v) is 1.17. The fourth-order valence-corrected chi connectivity index (χ4v) is 0.142. The van der Waals surface area contributed by atoms with E-state index in [1.54, 1.807) is 0 Å². The standard InChI is InChI=1S/C4H4F3O/c1-2-3(8)4(5,6)7/h1-2H2. The number of alkyl halides is 3. The summed E-state index contributed by atoms with van der Waals surface area (Å²) >= 11 is 0. The van der Waals surface area contributed by atoms with E-state index in [1.165, 1.54) is 0 Å². The highest BCUT2D eigenvalue weighted by molar-refractivity contribution is 5.84. The normalized spacial score (nSPS) is 11.5. The van der Waals surface area contributed by atoms with Crippen molar-refractivity contribution in [2.24, 2.45) is 0 Å². The van der Waals surface area contributed by atoms with Crippen molar-refractivity contribution in [2.45, 2.75) is 12.6 Å². The molecule has 0 aromatic heterocycles. The number of ketones is 1. The predicted octanol–water partition coefficient (Wildman–Crippen LogP) is 1.34. The summed E-state index contributed by atoms with van der Waals surface area (Å²) in [6.07, 6.45) is -5.41. The fraction of sp³-hybridized carbons (Fsp3) is 0.500. The Morgan fingerprint density at radius 2 is 1.88 bits per heavy atom. The molecule has 0 N–H and O–H groups in total. The van der Waals surface area contributed by atoms with E-state index < -0.39 is 18.4 Å². The summed E-state index contributed by atoms with van der Waals surface area (Å²) in [6.45, 7) is 2.78. The average Bonchev–Trinajstić information content (AvgIpc) is 1.62. The number of hydrogen-bond donors (Lipinski definition) is 0. The molecule has 47 valence electrons. The van der Waals surface area contributed by atoms with Gasteiger partial charge in [-0.05, 0) is 6.92 Å². The van der Waals surface area contributed by atoms with Crippen LogP contribution in [0.4, 0.5) is 13.2 Å². The molecule has 0 amide bonds. The van der Waals surface area contributed by atoms with Gasteiger partial charge in [0.15, 0.2) is 0 Å². The molecule has 0 saturated carbocycles.